The third kappa shape index (κ3) is 3.95. The molecule has 5 N–H and O–H groups in total. The summed E-state index contributed by atoms with van der Waals surface area (Å²) in [6.45, 7) is 1.70. The first-order valence-electron chi connectivity index (χ1n) is 8.11. The molecule has 2 heterocycles. The highest BCUT2D eigenvalue weighted by molar-refractivity contribution is 5.77. The first kappa shape index (κ1) is 18.1. The normalized spacial score (nSPS) is 11.7. The number of hydrogen-bond acceptors (Lipinski definition) is 7. The minimum Gasteiger partial charge on any atom is -0.497 e. The molecule has 0 amide bonds. The molecule has 0 fully saturated rings. The van der Waals surface area contributed by atoms with Crippen LogP contribution < -0.4 is 21.5 Å². The van der Waals surface area contributed by atoms with Gasteiger partial charge in [-0.3, -0.25) is 4.98 Å². The van der Waals surface area contributed by atoms with Crippen LogP contribution in [0.5, 0.6) is 5.75 Å². The quantitative estimate of drug-likeness (QED) is 0.636. The van der Waals surface area contributed by atoms with Gasteiger partial charge < -0.3 is 21.5 Å². The largest absolute Gasteiger partial charge is 0.497 e. The Morgan fingerprint density at radius 2 is 1.85 bits per heavy atom. The van der Waals surface area contributed by atoms with Crippen molar-refractivity contribution in [1.82, 2.24) is 15.0 Å². The van der Waals surface area contributed by atoms with Crippen LogP contribution >= 0.6 is 0 Å². The molecular formula is C19H19FN6O. The average Bonchev–Trinajstić information content (AvgIpc) is 2.67. The van der Waals surface area contributed by atoms with Gasteiger partial charge in [-0.2, -0.15) is 4.39 Å². The number of pyridine rings is 1. The summed E-state index contributed by atoms with van der Waals surface area (Å²) in [6.07, 6.45) is 1.63. The first-order valence-corrected chi connectivity index (χ1v) is 8.11. The SMILES string of the molecule is COc1ccc(Nc2nc(C(=C(C)N)c3ccccn3)nc(N)c2F)cc1. The van der Waals surface area contributed by atoms with E-state index in [0.717, 1.165) is 0 Å². The number of aromatic nitrogens is 3. The van der Waals surface area contributed by atoms with Gasteiger partial charge in [-0.05, 0) is 43.3 Å². The second-order valence-corrected chi connectivity index (χ2v) is 5.72. The number of nitrogens with zero attached hydrogens (tertiary/aromatic N) is 3. The molecule has 3 aromatic rings. The maximum absolute atomic E-state index is 14.5. The molecule has 0 radical (unpaired) electrons. The van der Waals surface area contributed by atoms with Crippen molar-refractivity contribution in [2.75, 3.05) is 18.2 Å². The molecule has 138 valence electrons. The molecule has 0 aliphatic rings. The Morgan fingerprint density at radius 3 is 2.44 bits per heavy atom. The minimum absolute atomic E-state index is 0.0580. The predicted octanol–water partition coefficient (Wildman–Crippen LogP) is 3.08. The van der Waals surface area contributed by atoms with Crippen molar-refractivity contribution in [3.63, 3.8) is 0 Å². The van der Waals surface area contributed by atoms with Gasteiger partial charge in [0.15, 0.2) is 17.5 Å². The monoisotopic (exact) mass is 366 g/mol. The Morgan fingerprint density at radius 1 is 1.11 bits per heavy atom. The molecule has 0 saturated carbocycles. The van der Waals surface area contributed by atoms with Crippen molar-refractivity contribution in [1.29, 1.82) is 0 Å². The number of ether oxygens (including phenoxy) is 1. The highest BCUT2D eigenvalue weighted by atomic mass is 19.1. The summed E-state index contributed by atoms with van der Waals surface area (Å²) in [4.78, 5) is 12.6. The molecule has 2 aromatic heterocycles. The second kappa shape index (κ2) is 7.69. The lowest BCUT2D eigenvalue weighted by molar-refractivity contribution is 0.415. The highest BCUT2D eigenvalue weighted by Gasteiger charge is 2.18. The zero-order chi connectivity index (χ0) is 19.4. The van der Waals surface area contributed by atoms with E-state index in [1.807, 2.05) is 6.07 Å². The standard InChI is InChI=1S/C19H19FN6O/c1-11(21)15(14-5-3-4-10-23-14)18-25-17(22)16(20)19(26-18)24-12-6-8-13(27-2)9-7-12/h3-10H,21H2,1-2H3,(H3,22,24,25,26). The van der Waals surface area contributed by atoms with Crippen LogP contribution in [0.1, 0.15) is 18.4 Å². The van der Waals surface area contributed by atoms with Gasteiger partial charge in [0.25, 0.3) is 0 Å². The van der Waals surface area contributed by atoms with Crippen molar-refractivity contribution >= 4 is 22.9 Å². The number of anilines is 3. The Bertz CT molecular complexity index is 969. The maximum atomic E-state index is 14.5. The number of hydrogen-bond donors (Lipinski definition) is 3. The van der Waals surface area contributed by atoms with E-state index in [-0.39, 0.29) is 17.5 Å². The van der Waals surface area contributed by atoms with Gasteiger partial charge in [-0.15, -0.1) is 0 Å². The molecule has 0 aliphatic heterocycles. The van der Waals surface area contributed by atoms with Gasteiger partial charge in [-0.1, -0.05) is 6.07 Å². The lowest BCUT2D eigenvalue weighted by atomic mass is 10.1. The third-order valence-electron chi connectivity index (χ3n) is 3.77. The van der Waals surface area contributed by atoms with Crippen LogP contribution in [-0.4, -0.2) is 22.1 Å². The fourth-order valence-corrected chi connectivity index (χ4v) is 2.47. The van der Waals surface area contributed by atoms with Crippen molar-refractivity contribution in [2.24, 2.45) is 5.73 Å². The Kier molecular flexibility index (Phi) is 5.16. The smallest absolute Gasteiger partial charge is 0.207 e. The predicted molar refractivity (Wildman–Crippen MR) is 103 cm³/mol. The van der Waals surface area contributed by atoms with Crippen molar-refractivity contribution in [2.45, 2.75) is 6.92 Å². The molecule has 3 rings (SSSR count). The minimum atomic E-state index is -0.746. The van der Waals surface area contributed by atoms with E-state index in [1.165, 1.54) is 0 Å². The molecule has 0 unspecified atom stereocenters. The average molecular weight is 366 g/mol. The van der Waals surface area contributed by atoms with E-state index >= 15 is 0 Å². The van der Waals surface area contributed by atoms with Crippen molar-refractivity contribution < 1.29 is 9.13 Å². The van der Waals surface area contributed by atoms with E-state index in [2.05, 4.69) is 20.3 Å². The molecule has 1 aromatic carbocycles. The van der Waals surface area contributed by atoms with Gasteiger partial charge in [0.05, 0.1) is 18.4 Å². The Labute approximate surface area is 155 Å². The van der Waals surface area contributed by atoms with Gasteiger partial charge in [-0.25, -0.2) is 9.97 Å². The Balaban J connectivity index is 2.04. The number of benzene rings is 1. The number of nitrogens with two attached hydrogens (primary N) is 2. The van der Waals surface area contributed by atoms with E-state index in [0.29, 0.717) is 28.4 Å². The van der Waals surface area contributed by atoms with E-state index in [9.17, 15) is 4.39 Å². The second-order valence-electron chi connectivity index (χ2n) is 5.72. The van der Waals surface area contributed by atoms with Gasteiger partial charge >= 0.3 is 0 Å². The number of rotatable bonds is 5. The van der Waals surface area contributed by atoms with Gasteiger partial charge in [0.2, 0.25) is 5.82 Å². The van der Waals surface area contributed by atoms with Crippen LogP contribution in [-0.2, 0) is 0 Å². The van der Waals surface area contributed by atoms with Gasteiger partial charge in [0, 0.05) is 17.6 Å². The van der Waals surface area contributed by atoms with Crippen LogP contribution in [0, 0.1) is 5.82 Å². The van der Waals surface area contributed by atoms with E-state index in [1.54, 1.807) is 56.6 Å². The molecule has 0 saturated heterocycles. The summed E-state index contributed by atoms with van der Waals surface area (Å²) in [7, 11) is 1.57. The van der Waals surface area contributed by atoms with Crippen LogP contribution in [0.25, 0.3) is 5.57 Å². The summed E-state index contributed by atoms with van der Waals surface area (Å²) in [5, 5.41) is 2.90. The van der Waals surface area contributed by atoms with Crippen molar-refractivity contribution in [3.8, 4) is 5.75 Å². The summed E-state index contributed by atoms with van der Waals surface area (Å²) >= 11 is 0. The summed E-state index contributed by atoms with van der Waals surface area (Å²) in [5.41, 5.74) is 13.9. The Hall–Kier alpha value is -3.68. The fraction of sp³-hybridized carbons (Fsp3) is 0.105. The van der Waals surface area contributed by atoms with Crippen LogP contribution in [0.3, 0.4) is 0 Å². The topological polar surface area (TPSA) is 112 Å². The first-order chi connectivity index (χ1) is 13.0. The summed E-state index contributed by atoms with van der Waals surface area (Å²) in [6, 6.07) is 12.3. The van der Waals surface area contributed by atoms with Crippen molar-refractivity contribution in [3.05, 3.63) is 71.7 Å². The van der Waals surface area contributed by atoms with Crippen LogP contribution in [0.15, 0.2) is 54.4 Å². The molecular weight excluding hydrogens is 347 g/mol. The lowest BCUT2D eigenvalue weighted by Crippen LogP contribution is -2.11. The fourth-order valence-electron chi connectivity index (χ4n) is 2.47. The van der Waals surface area contributed by atoms with Crippen LogP contribution in [0.4, 0.5) is 21.7 Å². The molecule has 7 nitrogen and oxygen atoms in total. The maximum Gasteiger partial charge on any atom is 0.207 e. The molecule has 27 heavy (non-hydrogen) atoms. The number of nitrogens with one attached hydrogen (secondary N) is 1. The number of allylic oxidation sites excluding steroid dienone is 1. The van der Waals surface area contributed by atoms with E-state index < -0.39 is 5.82 Å². The van der Waals surface area contributed by atoms with Crippen LogP contribution in [0.2, 0.25) is 0 Å². The third-order valence-corrected chi connectivity index (χ3v) is 3.77. The molecule has 0 spiro atoms. The summed E-state index contributed by atoms with van der Waals surface area (Å²) in [5.74, 6) is -0.223. The number of halogens is 1. The van der Waals surface area contributed by atoms with E-state index in [4.69, 9.17) is 16.2 Å². The molecule has 0 atom stereocenters. The number of methoxy groups -OCH3 is 1. The molecule has 0 bridgehead atoms. The molecule has 0 aliphatic carbocycles. The zero-order valence-electron chi connectivity index (χ0n) is 14.9. The zero-order valence-corrected chi connectivity index (χ0v) is 14.9. The molecule has 8 heteroatoms. The lowest BCUT2D eigenvalue weighted by Gasteiger charge is -2.13. The summed E-state index contributed by atoms with van der Waals surface area (Å²) < 4.78 is 19.6. The number of nitrogen functional groups attached to an aromatic ring is 1. The van der Waals surface area contributed by atoms with Gasteiger partial charge in [0.1, 0.15) is 5.75 Å². The highest BCUT2D eigenvalue weighted by Crippen LogP contribution is 2.27.